The fraction of sp³-hybridized carbons (Fsp3) is 0.417. The van der Waals surface area contributed by atoms with E-state index in [9.17, 15) is 0 Å². The summed E-state index contributed by atoms with van der Waals surface area (Å²) < 4.78 is 5.65. The Hall–Kier alpha value is -1.26. The van der Waals surface area contributed by atoms with Gasteiger partial charge in [0.05, 0.1) is 11.0 Å². The Balaban J connectivity index is 0.00000108. The molecule has 1 aliphatic rings. The van der Waals surface area contributed by atoms with Crippen LogP contribution in [0.3, 0.4) is 0 Å². The van der Waals surface area contributed by atoms with E-state index in [-0.39, 0.29) is 12.4 Å². The SMILES string of the molecule is Cl.c1ccc2[nH]c(OCC3CCCN3)nc2c1. The summed E-state index contributed by atoms with van der Waals surface area (Å²) in [5.74, 6) is 0. The fourth-order valence-corrected chi connectivity index (χ4v) is 2.08. The number of aromatic amines is 1. The molecule has 0 saturated carbocycles. The van der Waals surface area contributed by atoms with E-state index in [1.807, 2.05) is 24.3 Å². The van der Waals surface area contributed by atoms with E-state index in [0.29, 0.717) is 18.7 Å². The van der Waals surface area contributed by atoms with Gasteiger partial charge in [-0.3, -0.25) is 0 Å². The average Bonchev–Trinajstić information content (AvgIpc) is 2.95. The molecular formula is C12H16ClN3O. The molecular weight excluding hydrogens is 238 g/mol. The average molecular weight is 254 g/mol. The number of H-pyrrole nitrogens is 1. The lowest BCUT2D eigenvalue weighted by Gasteiger charge is -2.09. The monoisotopic (exact) mass is 253 g/mol. The third kappa shape index (κ3) is 2.70. The molecule has 17 heavy (non-hydrogen) atoms. The summed E-state index contributed by atoms with van der Waals surface area (Å²) >= 11 is 0. The second-order valence-electron chi connectivity index (χ2n) is 4.16. The second-order valence-corrected chi connectivity index (χ2v) is 4.16. The van der Waals surface area contributed by atoms with Crippen molar-refractivity contribution in [3.05, 3.63) is 24.3 Å². The molecule has 0 aliphatic carbocycles. The van der Waals surface area contributed by atoms with Crippen LogP contribution in [0.1, 0.15) is 12.8 Å². The van der Waals surface area contributed by atoms with Gasteiger partial charge in [0.1, 0.15) is 6.61 Å². The van der Waals surface area contributed by atoms with Crippen LogP contribution < -0.4 is 10.1 Å². The van der Waals surface area contributed by atoms with Crippen molar-refractivity contribution in [2.45, 2.75) is 18.9 Å². The topological polar surface area (TPSA) is 49.9 Å². The number of hydrogen-bond donors (Lipinski definition) is 2. The Morgan fingerprint density at radius 1 is 1.35 bits per heavy atom. The van der Waals surface area contributed by atoms with Gasteiger partial charge < -0.3 is 15.0 Å². The molecule has 0 spiro atoms. The summed E-state index contributed by atoms with van der Waals surface area (Å²) in [6, 6.07) is 9.05. The number of para-hydroxylation sites is 2. The van der Waals surface area contributed by atoms with Gasteiger partial charge in [0.25, 0.3) is 6.01 Å². The van der Waals surface area contributed by atoms with Crippen LogP contribution in [0.25, 0.3) is 11.0 Å². The molecule has 1 aromatic heterocycles. The lowest BCUT2D eigenvalue weighted by Crippen LogP contribution is -2.28. The number of ether oxygens (including phenoxy) is 1. The first-order valence-corrected chi connectivity index (χ1v) is 5.73. The van der Waals surface area contributed by atoms with Crippen molar-refractivity contribution < 1.29 is 4.74 Å². The minimum atomic E-state index is 0. The highest BCUT2D eigenvalue weighted by atomic mass is 35.5. The zero-order chi connectivity index (χ0) is 10.8. The van der Waals surface area contributed by atoms with E-state index in [4.69, 9.17) is 4.74 Å². The summed E-state index contributed by atoms with van der Waals surface area (Å²) in [6.45, 7) is 1.80. The number of hydrogen-bond acceptors (Lipinski definition) is 3. The molecule has 0 radical (unpaired) electrons. The highest BCUT2D eigenvalue weighted by Gasteiger charge is 2.15. The normalized spacial score (nSPS) is 19.2. The molecule has 1 aliphatic heterocycles. The smallest absolute Gasteiger partial charge is 0.294 e. The zero-order valence-electron chi connectivity index (χ0n) is 9.48. The molecule has 1 aromatic carbocycles. The number of nitrogens with one attached hydrogen (secondary N) is 2. The first-order chi connectivity index (χ1) is 7.92. The summed E-state index contributed by atoms with van der Waals surface area (Å²) in [5, 5.41) is 3.39. The Kier molecular flexibility index (Phi) is 3.86. The highest BCUT2D eigenvalue weighted by molar-refractivity contribution is 5.85. The molecule has 5 heteroatoms. The van der Waals surface area contributed by atoms with Gasteiger partial charge in [-0.15, -0.1) is 12.4 Å². The van der Waals surface area contributed by atoms with Crippen LogP contribution in [0.15, 0.2) is 24.3 Å². The van der Waals surface area contributed by atoms with Crippen molar-refractivity contribution in [1.29, 1.82) is 0 Å². The van der Waals surface area contributed by atoms with Crippen molar-refractivity contribution in [3.63, 3.8) is 0 Å². The Bertz CT molecular complexity index is 446. The van der Waals surface area contributed by atoms with Gasteiger partial charge in [-0.1, -0.05) is 12.1 Å². The maximum Gasteiger partial charge on any atom is 0.294 e. The maximum absolute atomic E-state index is 5.65. The van der Waals surface area contributed by atoms with E-state index in [1.54, 1.807) is 0 Å². The molecule has 3 rings (SSSR count). The summed E-state index contributed by atoms with van der Waals surface area (Å²) in [5.41, 5.74) is 1.98. The van der Waals surface area contributed by atoms with E-state index in [0.717, 1.165) is 17.6 Å². The van der Waals surface area contributed by atoms with Gasteiger partial charge in [0, 0.05) is 6.04 Å². The number of aromatic nitrogens is 2. The summed E-state index contributed by atoms with van der Waals surface area (Å²) in [4.78, 5) is 7.53. The molecule has 0 amide bonds. The molecule has 0 bridgehead atoms. The molecule has 2 heterocycles. The van der Waals surface area contributed by atoms with E-state index in [2.05, 4.69) is 15.3 Å². The fourth-order valence-electron chi connectivity index (χ4n) is 2.08. The molecule has 1 atom stereocenters. The second kappa shape index (κ2) is 5.38. The van der Waals surface area contributed by atoms with Crippen LogP contribution in [0, 0.1) is 0 Å². The van der Waals surface area contributed by atoms with Crippen LogP contribution in [0.4, 0.5) is 0 Å². The largest absolute Gasteiger partial charge is 0.463 e. The van der Waals surface area contributed by atoms with Gasteiger partial charge in [0.2, 0.25) is 0 Å². The van der Waals surface area contributed by atoms with Crippen molar-refractivity contribution in [2.24, 2.45) is 0 Å². The Labute approximate surface area is 106 Å². The summed E-state index contributed by atoms with van der Waals surface area (Å²) in [6.07, 6.45) is 2.44. The summed E-state index contributed by atoms with van der Waals surface area (Å²) in [7, 11) is 0. The minimum Gasteiger partial charge on any atom is -0.463 e. The number of imidazole rings is 1. The molecule has 1 fully saturated rings. The van der Waals surface area contributed by atoms with E-state index < -0.39 is 0 Å². The zero-order valence-corrected chi connectivity index (χ0v) is 10.3. The number of nitrogens with zero attached hydrogens (tertiary/aromatic N) is 1. The van der Waals surface area contributed by atoms with Gasteiger partial charge in [0.15, 0.2) is 0 Å². The van der Waals surface area contributed by atoms with Gasteiger partial charge in [-0.2, -0.15) is 4.98 Å². The molecule has 2 aromatic rings. The lowest BCUT2D eigenvalue weighted by atomic mass is 10.2. The van der Waals surface area contributed by atoms with Crippen molar-refractivity contribution in [1.82, 2.24) is 15.3 Å². The Morgan fingerprint density at radius 3 is 3.00 bits per heavy atom. The van der Waals surface area contributed by atoms with Crippen molar-refractivity contribution in [2.75, 3.05) is 13.2 Å². The molecule has 1 unspecified atom stereocenters. The molecule has 1 saturated heterocycles. The van der Waals surface area contributed by atoms with E-state index >= 15 is 0 Å². The van der Waals surface area contributed by atoms with Crippen LogP contribution >= 0.6 is 12.4 Å². The first kappa shape index (κ1) is 12.2. The molecule has 4 nitrogen and oxygen atoms in total. The predicted molar refractivity (Wildman–Crippen MR) is 69.9 cm³/mol. The molecule has 2 N–H and O–H groups in total. The minimum absolute atomic E-state index is 0. The van der Waals surface area contributed by atoms with Crippen LogP contribution in [0.2, 0.25) is 0 Å². The number of fused-ring (bicyclic) bond motifs is 1. The van der Waals surface area contributed by atoms with Crippen LogP contribution in [0.5, 0.6) is 6.01 Å². The number of benzene rings is 1. The molecule has 92 valence electrons. The van der Waals surface area contributed by atoms with Crippen LogP contribution in [-0.2, 0) is 0 Å². The Morgan fingerprint density at radius 2 is 2.24 bits per heavy atom. The maximum atomic E-state index is 5.65. The highest BCUT2D eigenvalue weighted by Crippen LogP contribution is 2.15. The third-order valence-corrected chi connectivity index (χ3v) is 2.95. The third-order valence-electron chi connectivity index (χ3n) is 2.95. The predicted octanol–water partition coefficient (Wildman–Crippen LogP) is 2.12. The standard InChI is InChI=1S/C12H15N3O.ClH/c1-2-6-11-10(5-1)14-12(15-11)16-8-9-4-3-7-13-9;/h1-2,5-6,9,13H,3-4,7-8H2,(H,14,15);1H. The van der Waals surface area contributed by atoms with Gasteiger partial charge >= 0.3 is 0 Å². The number of rotatable bonds is 3. The van der Waals surface area contributed by atoms with Crippen molar-refractivity contribution >= 4 is 23.4 Å². The van der Waals surface area contributed by atoms with Crippen molar-refractivity contribution in [3.8, 4) is 6.01 Å². The van der Waals surface area contributed by atoms with Gasteiger partial charge in [-0.25, -0.2) is 0 Å². The lowest BCUT2D eigenvalue weighted by molar-refractivity contribution is 0.260. The first-order valence-electron chi connectivity index (χ1n) is 5.73. The van der Waals surface area contributed by atoms with E-state index in [1.165, 1.54) is 12.8 Å². The number of halogens is 1. The van der Waals surface area contributed by atoms with Gasteiger partial charge in [-0.05, 0) is 31.5 Å². The van der Waals surface area contributed by atoms with Crippen LogP contribution in [-0.4, -0.2) is 29.2 Å². The quantitative estimate of drug-likeness (QED) is 0.881.